The van der Waals surface area contributed by atoms with Gasteiger partial charge in [-0.15, -0.1) is 0 Å². The highest BCUT2D eigenvalue weighted by Crippen LogP contribution is 2.41. The molecule has 1 saturated heterocycles. The van der Waals surface area contributed by atoms with Crippen LogP contribution >= 0.6 is 0 Å². The zero-order valence-corrected chi connectivity index (χ0v) is 28.1. The van der Waals surface area contributed by atoms with Crippen LogP contribution in [0.3, 0.4) is 0 Å². The summed E-state index contributed by atoms with van der Waals surface area (Å²) in [6.45, 7) is 11.6. The quantitative estimate of drug-likeness (QED) is 0.114. The lowest BCUT2D eigenvalue weighted by Crippen LogP contribution is -2.52. The van der Waals surface area contributed by atoms with Crippen molar-refractivity contribution in [3.63, 3.8) is 0 Å². The second-order valence-corrected chi connectivity index (χ2v) is 12.9. The summed E-state index contributed by atoms with van der Waals surface area (Å²) in [5, 5.41) is 10.3. The topological polar surface area (TPSA) is 138 Å². The van der Waals surface area contributed by atoms with Gasteiger partial charge in [0.05, 0.1) is 28.3 Å². The number of benzene rings is 3. The van der Waals surface area contributed by atoms with E-state index in [2.05, 4.69) is 0 Å². The van der Waals surface area contributed by atoms with E-state index in [4.69, 9.17) is 23.7 Å². The van der Waals surface area contributed by atoms with Gasteiger partial charge in [-0.1, -0.05) is 53.1 Å². The maximum Gasteiger partial charge on any atom is 0.338 e. The van der Waals surface area contributed by atoms with Crippen molar-refractivity contribution in [1.29, 1.82) is 5.26 Å². The molecule has 0 aromatic heterocycles. The molecule has 0 saturated carbocycles. The lowest BCUT2D eigenvalue weighted by molar-refractivity contribution is -0.148. The van der Waals surface area contributed by atoms with Crippen molar-refractivity contribution < 1.29 is 42.9 Å². The van der Waals surface area contributed by atoms with Gasteiger partial charge in [0.2, 0.25) is 0 Å². The summed E-state index contributed by atoms with van der Waals surface area (Å²) in [7, 11) is 0. The van der Waals surface area contributed by atoms with Crippen LogP contribution in [-0.4, -0.2) is 60.0 Å². The van der Waals surface area contributed by atoms with Gasteiger partial charge in [0.25, 0.3) is 0 Å². The first kappa shape index (κ1) is 35.6. The molecule has 250 valence electrons. The fourth-order valence-corrected chi connectivity index (χ4v) is 5.09. The van der Waals surface area contributed by atoms with Gasteiger partial charge in [-0.05, 0) is 84.9 Å². The van der Waals surface area contributed by atoms with Crippen LogP contribution < -0.4 is 0 Å². The molecule has 4 atom stereocenters. The zero-order valence-electron chi connectivity index (χ0n) is 28.1. The van der Waals surface area contributed by atoms with Crippen molar-refractivity contribution in [2.45, 2.75) is 78.0 Å². The molecule has 1 unspecified atom stereocenters. The van der Waals surface area contributed by atoms with Crippen molar-refractivity contribution in [3.05, 3.63) is 118 Å². The zero-order chi connectivity index (χ0) is 35.2. The van der Waals surface area contributed by atoms with Crippen molar-refractivity contribution in [3.8, 4) is 6.07 Å². The molecule has 0 radical (unpaired) electrons. The molecular weight excluding hydrogens is 614 g/mol. The molecule has 0 spiro atoms. The molecular formula is C38H39NO9. The van der Waals surface area contributed by atoms with Gasteiger partial charge in [0.15, 0.2) is 11.7 Å². The molecule has 0 bridgehead atoms. The summed E-state index contributed by atoms with van der Waals surface area (Å²) in [6.07, 6.45) is -3.13. The minimum atomic E-state index is -1.90. The molecule has 1 aliphatic heterocycles. The first-order valence-corrected chi connectivity index (χ1v) is 15.4. The lowest BCUT2D eigenvalue weighted by atomic mass is 9.87. The standard InChI is InChI=1S/C38H39NO9/c1-23-8-14-26(15-9-23)34(41)44-22-30-33(46-35(42)27-16-10-24(2)11-17-27)38(7,48-36(43)28-18-12-25(3)13-19-28)32(45-30)29(21-39)20-31(40)47-37(4,5)6/h8-20,30,32-33H,22H2,1-7H3/b29-20+/t30?,32-,33+,38-/m0/s1. The lowest BCUT2D eigenvalue weighted by Gasteiger charge is -2.34. The van der Waals surface area contributed by atoms with Gasteiger partial charge in [-0.3, -0.25) is 0 Å². The average molecular weight is 654 g/mol. The fourth-order valence-electron chi connectivity index (χ4n) is 5.09. The summed E-state index contributed by atoms with van der Waals surface area (Å²) in [4.78, 5) is 53.0. The Bertz CT molecular complexity index is 1730. The molecule has 1 fully saturated rings. The number of esters is 4. The molecule has 1 heterocycles. The van der Waals surface area contributed by atoms with E-state index in [0.717, 1.165) is 22.8 Å². The Morgan fingerprint density at radius 2 is 1.25 bits per heavy atom. The van der Waals surface area contributed by atoms with Crippen LogP contribution in [0.4, 0.5) is 0 Å². The Hall–Kier alpha value is -5.27. The number of carbonyl (C=O) groups is 4. The summed E-state index contributed by atoms with van der Waals surface area (Å²) >= 11 is 0. The van der Waals surface area contributed by atoms with Gasteiger partial charge >= 0.3 is 23.9 Å². The number of hydrogen-bond donors (Lipinski definition) is 0. The van der Waals surface area contributed by atoms with Crippen LogP contribution in [-0.2, 0) is 28.5 Å². The van der Waals surface area contributed by atoms with Crippen LogP contribution in [0.5, 0.6) is 0 Å². The Labute approximate surface area is 280 Å². The first-order valence-electron chi connectivity index (χ1n) is 15.4. The first-order chi connectivity index (χ1) is 22.6. The highest BCUT2D eigenvalue weighted by Gasteiger charge is 2.61. The Morgan fingerprint density at radius 1 is 0.792 bits per heavy atom. The fraction of sp³-hybridized carbons (Fsp3) is 0.342. The number of hydrogen-bond acceptors (Lipinski definition) is 10. The molecule has 1 aliphatic rings. The second kappa shape index (κ2) is 14.7. The van der Waals surface area contributed by atoms with Gasteiger partial charge in [-0.25, -0.2) is 19.2 Å². The highest BCUT2D eigenvalue weighted by atomic mass is 16.7. The van der Waals surface area contributed by atoms with Crippen molar-refractivity contribution >= 4 is 23.9 Å². The molecule has 48 heavy (non-hydrogen) atoms. The molecule has 3 aromatic carbocycles. The third-order valence-corrected chi connectivity index (χ3v) is 7.61. The highest BCUT2D eigenvalue weighted by molar-refractivity contribution is 5.91. The smallest absolute Gasteiger partial charge is 0.338 e. The number of rotatable bonds is 9. The van der Waals surface area contributed by atoms with E-state index in [-0.39, 0.29) is 22.3 Å². The van der Waals surface area contributed by atoms with E-state index >= 15 is 0 Å². The average Bonchev–Trinajstić information content (AvgIpc) is 3.28. The monoisotopic (exact) mass is 653 g/mol. The van der Waals surface area contributed by atoms with Crippen LogP contribution in [0.2, 0.25) is 0 Å². The minimum Gasteiger partial charge on any atom is -0.459 e. The van der Waals surface area contributed by atoms with E-state index in [1.165, 1.54) is 6.92 Å². The molecule has 4 rings (SSSR count). The summed E-state index contributed by atoms with van der Waals surface area (Å²) < 4.78 is 29.3. The van der Waals surface area contributed by atoms with E-state index < -0.39 is 60.0 Å². The molecule has 0 amide bonds. The van der Waals surface area contributed by atoms with Gasteiger partial charge < -0.3 is 23.7 Å². The largest absolute Gasteiger partial charge is 0.459 e. The SMILES string of the molecule is Cc1ccc(C(=O)OCC2O[C@@H](/C(C#N)=C/C(=O)OC(C)(C)C)[C@](C)(OC(=O)c3ccc(C)cc3)[C@@H]2OC(=O)c2ccc(C)cc2)cc1. The third-order valence-electron chi connectivity index (χ3n) is 7.61. The molecule has 10 heteroatoms. The van der Waals surface area contributed by atoms with E-state index in [1.807, 2.05) is 26.8 Å². The number of carbonyl (C=O) groups excluding carboxylic acids is 4. The summed E-state index contributed by atoms with van der Waals surface area (Å²) in [5.41, 5.74) is 0.420. The van der Waals surface area contributed by atoms with E-state index in [1.54, 1.807) is 93.6 Å². The maximum atomic E-state index is 13.6. The van der Waals surface area contributed by atoms with Crippen LogP contribution in [0, 0.1) is 32.1 Å². The van der Waals surface area contributed by atoms with E-state index in [9.17, 15) is 24.4 Å². The van der Waals surface area contributed by atoms with Crippen LogP contribution in [0.1, 0.15) is 75.5 Å². The third kappa shape index (κ3) is 8.75. The minimum absolute atomic E-state index is 0.188. The Morgan fingerprint density at radius 3 is 1.71 bits per heavy atom. The van der Waals surface area contributed by atoms with Gasteiger partial charge in [-0.2, -0.15) is 5.26 Å². The van der Waals surface area contributed by atoms with Crippen LogP contribution in [0.25, 0.3) is 0 Å². The Balaban J connectivity index is 1.77. The number of nitriles is 1. The predicted molar refractivity (Wildman–Crippen MR) is 175 cm³/mol. The molecule has 3 aromatic rings. The predicted octanol–water partition coefficient (Wildman–Crippen LogP) is 6.17. The molecule has 10 nitrogen and oxygen atoms in total. The normalized spacial score (nSPS) is 20.7. The second-order valence-electron chi connectivity index (χ2n) is 12.9. The number of aryl methyl sites for hydroxylation is 3. The Kier molecular flexibility index (Phi) is 10.9. The van der Waals surface area contributed by atoms with Gasteiger partial charge in [0.1, 0.15) is 24.4 Å². The number of nitrogens with zero attached hydrogens (tertiary/aromatic N) is 1. The van der Waals surface area contributed by atoms with Crippen molar-refractivity contribution in [1.82, 2.24) is 0 Å². The molecule has 0 aliphatic carbocycles. The van der Waals surface area contributed by atoms with Crippen molar-refractivity contribution in [2.75, 3.05) is 6.61 Å². The van der Waals surface area contributed by atoms with Gasteiger partial charge in [0, 0.05) is 6.08 Å². The van der Waals surface area contributed by atoms with Crippen LogP contribution in [0.15, 0.2) is 84.4 Å². The summed E-state index contributed by atoms with van der Waals surface area (Å²) in [6, 6.07) is 21.9. The summed E-state index contributed by atoms with van der Waals surface area (Å²) in [5.74, 6) is -3.08. The van der Waals surface area contributed by atoms with E-state index in [0.29, 0.717) is 0 Å². The number of ether oxygens (including phenoxy) is 5. The van der Waals surface area contributed by atoms with Crippen molar-refractivity contribution in [2.24, 2.45) is 0 Å². The molecule has 0 N–H and O–H groups in total. The maximum absolute atomic E-state index is 13.6.